The van der Waals surface area contributed by atoms with Gasteiger partial charge in [0.05, 0.1) is 16.7 Å². The molecule has 1 aromatic carbocycles. The summed E-state index contributed by atoms with van der Waals surface area (Å²) in [6, 6.07) is 5.68. The number of aromatic nitrogens is 1. The minimum atomic E-state index is -4.09. The molecule has 0 bridgehead atoms. The third kappa shape index (κ3) is 3.89. The summed E-state index contributed by atoms with van der Waals surface area (Å²) in [5, 5.41) is 16.1. The molecule has 0 fully saturated rings. The van der Waals surface area contributed by atoms with Gasteiger partial charge in [0.1, 0.15) is 10.6 Å². The van der Waals surface area contributed by atoms with Gasteiger partial charge in [-0.15, -0.1) is 0 Å². The van der Waals surface area contributed by atoms with Crippen molar-refractivity contribution in [2.75, 3.05) is 5.32 Å². The number of anilines is 1. The van der Waals surface area contributed by atoms with E-state index in [1.165, 1.54) is 19.9 Å². The number of carbonyl (C=O) groups is 1. The first kappa shape index (κ1) is 21.0. The molecule has 27 heavy (non-hydrogen) atoms. The van der Waals surface area contributed by atoms with Gasteiger partial charge in [-0.1, -0.05) is 19.0 Å². The third-order valence-electron chi connectivity index (χ3n) is 4.79. The van der Waals surface area contributed by atoms with Crippen LogP contribution in [0.1, 0.15) is 40.3 Å². The first-order valence-electron chi connectivity index (χ1n) is 8.27. The smallest absolute Gasteiger partial charge is 0.248 e. The number of nitrogens with one attached hydrogen (secondary N) is 1. The zero-order valence-corrected chi connectivity index (χ0v) is 16.6. The van der Waals surface area contributed by atoms with Crippen LogP contribution in [0, 0.1) is 5.82 Å². The summed E-state index contributed by atoms with van der Waals surface area (Å²) in [6.45, 7) is 7.61. The van der Waals surface area contributed by atoms with E-state index >= 15 is 0 Å². The van der Waals surface area contributed by atoms with Gasteiger partial charge < -0.3 is 9.63 Å². The number of aliphatic hydroxyl groups excluding tert-OH is 1. The Morgan fingerprint density at radius 3 is 2.30 bits per heavy atom. The molecule has 1 atom stereocenters. The second-order valence-corrected chi connectivity index (χ2v) is 9.89. The van der Waals surface area contributed by atoms with Crippen molar-refractivity contribution in [3.8, 4) is 0 Å². The number of nitrogens with zero attached hydrogens (tertiary/aromatic N) is 1. The summed E-state index contributed by atoms with van der Waals surface area (Å²) in [5.41, 5.74) is -0.311. The van der Waals surface area contributed by atoms with E-state index in [0.29, 0.717) is 5.69 Å². The lowest BCUT2D eigenvalue weighted by molar-refractivity contribution is -0.118. The van der Waals surface area contributed by atoms with Crippen molar-refractivity contribution in [2.45, 2.75) is 55.8 Å². The number of rotatable bonds is 6. The van der Waals surface area contributed by atoms with Crippen molar-refractivity contribution < 1.29 is 27.2 Å². The highest BCUT2D eigenvalue weighted by Gasteiger charge is 2.43. The summed E-state index contributed by atoms with van der Waals surface area (Å²) in [4.78, 5) is 12.4. The molecule has 2 N–H and O–H groups in total. The molecule has 0 spiro atoms. The molecule has 0 radical (unpaired) electrons. The van der Waals surface area contributed by atoms with Crippen molar-refractivity contribution in [1.29, 1.82) is 0 Å². The lowest BCUT2D eigenvalue weighted by Gasteiger charge is -2.24. The first-order valence-corrected chi connectivity index (χ1v) is 9.75. The number of amides is 1. The van der Waals surface area contributed by atoms with Crippen molar-refractivity contribution in [3.63, 3.8) is 0 Å². The second-order valence-electron chi connectivity index (χ2n) is 7.40. The Balaban J connectivity index is 2.27. The van der Waals surface area contributed by atoms with Gasteiger partial charge in [-0.3, -0.25) is 10.1 Å². The number of carbonyl (C=O) groups excluding carboxylic acids is 1. The summed E-state index contributed by atoms with van der Waals surface area (Å²) >= 11 is 0. The number of benzene rings is 1. The molecule has 2 aromatic rings. The number of aliphatic hydroxyl groups is 1. The van der Waals surface area contributed by atoms with E-state index in [2.05, 4.69) is 10.5 Å². The van der Waals surface area contributed by atoms with Crippen LogP contribution in [0.25, 0.3) is 0 Å². The highest BCUT2D eigenvalue weighted by atomic mass is 32.2. The van der Waals surface area contributed by atoms with E-state index in [1.807, 2.05) is 0 Å². The summed E-state index contributed by atoms with van der Waals surface area (Å²) < 4.78 is 41.9. The van der Waals surface area contributed by atoms with Crippen molar-refractivity contribution in [1.82, 2.24) is 5.16 Å². The Labute approximate surface area is 157 Å². The highest BCUT2D eigenvalue weighted by molar-refractivity contribution is 7.93. The van der Waals surface area contributed by atoms with Crippen molar-refractivity contribution in [3.05, 3.63) is 41.8 Å². The third-order valence-corrected chi connectivity index (χ3v) is 7.22. The van der Waals surface area contributed by atoms with Crippen LogP contribution in [0.2, 0.25) is 0 Å². The van der Waals surface area contributed by atoms with Gasteiger partial charge in [-0.05, 0) is 45.0 Å². The SMILES string of the molecule is C[C@H](O)C(C)(C)c1cc(NC(=O)C(C)(C)S(=O)(=O)c2ccc(F)cc2)on1. The van der Waals surface area contributed by atoms with E-state index in [1.54, 1.807) is 20.8 Å². The molecule has 0 aliphatic heterocycles. The Hall–Kier alpha value is -2.26. The van der Waals surface area contributed by atoms with Gasteiger partial charge in [0.2, 0.25) is 11.8 Å². The monoisotopic (exact) mass is 398 g/mol. The van der Waals surface area contributed by atoms with Gasteiger partial charge in [0.25, 0.3) is 0 Å². The number of hydrogen-bond donors (Lipinski definition) is 2. The molecule has 2 rings (SSSR count). The molecule has 1 amide bonds. The van der Waals surface area contributed by atoms with Crippen LogP contribution in [0.3, 0.4) is 0 Å². The Kier molecular flexibility index (Phi) is 5.49. The van der Waals surface area contributed by atoms with E-state index in [0.717, 1.165) is 24.3 Å². The molecule has 0 unspecified atom stereocenters. The maximum absolute atomic E-state index is 13.1. The standard InChI is InChI=1S/C18H23FN2O5S/c1-11(22)17(2,3)14-10-15(26-21-14)20-16(23)18(4,5)27(24,25)13-8-6-12(19)7-9-13/h6-11,22H,1-5H3,(H,20,23)/t11-/m0/s1. The molecule has 7 nitrogen and oxygen atoms in total. The Bertz CT molecular complexity index is 931. The quantitative estimate of drug-likeness (QED) is 0.724. The van der Waals surface area contributed by atoms with Crippen LogP contribution in [0.15, 0.2) is 39.8 Å². The van der Waals surface area contributed by atoms with Crippen LogP contribution in [-0.2, 0) is 20.0 Å². The lowest BCUT2D eigenvalue weighted by Crippen LogP contribution is -2.44. The lowest BCUT2D eigenvalue weighted by atomic mass is 9.84. The van der Waals surface area contributed by atoms with Crippen LogP contribution < -0.4 is 5.32 Å². The largest absolute Gasteiger partial charge is 0.392 e. The predicted molar refractivity (Wildman–Crippen MR) is 97.5 cm³/mol. The molecule has 1 heterocycles. The zero-order chi connectivity index (χ0) is 20.6. The predicted octanol–water partition coefficient (Wildman–Crippen LogP) is 2.66. The zero-order valence-electron chi connectivity index (χ0n) is 15.8. The van der Waals surface area contributed by atoms with Gasteiger partial charge >= 0.3 is 0 Å². The molecule has 1 aromatic heterocycles. The average molecular weight is 398 g/mol. The molecule has 9 heteroatoms. The topological polar surface area (TPSA) is 110 Å². The number of halogens is 1. The molecule has 0 aliphatic carbocycles. The molecular formula is C18H23FN2O5S. The van der Waals surface area contributed by atoms with Crippen molar-refractivity contribution in [2.24, 2.45) is 0 Å². The minimum Gasteiger partial charge on any atom is -0.392 e. The molecular weight excluding hydrogens is 375 g/mol. The molecule has 148 valence electrons. The minimum absolute atomic E-state index is 0.0360. The van der Waals surface area contributed by atoms with Gasteiger partial charge in [-0.25, -0.2) is 12.8 Å². The molecule has 0 aliphatic rings. The first-order chi connectivity index (χ1) is 12.3. The summed E-state index contributed by atoms with van der Waals surface area (Å²) in [6.07, 6.45) is -0.721. The molecule has 0 saturated carbocycles. The second kappa shape index (κ2) is 7.05. The average Bonchev–Trinajstić information content (AvgIpc) is 3.04. The fourth-order valence-electron chi connectivity index (χ4n) is 2.14. The number of sulfone groups is 1. The Morgan fingerprint density at radius 1 is 1.22 bits per heavy atom. The van der Waals surface area contributed by atoms with Crippen LogP contribution in [0.5, 0.6) is 0 Å². The maximum Gasteiger partial charge on any atom is 0.248 e. The highest BCUT2D eigenvalue weighted by Crippen LogP contribution is 2.30. The maximum atomic E-state index is 13.1. The van der Waals surface area contributed by atoms with E-state index in [-0.39, 0.29) is 10.8 Å². The van der Waals surface area contributed by atoms with Crippen LogP contribution >= 0.6 is 0 Å². The normalized spacial score (nSPS) is 14.0. The van der Waals surface area contributed by atoms with Crippen LogP contribution in [0.4, 0.5) is 10.3 Å². The van der Waals surface area contributed by atoms with Gasteiger partial charge in [0.15, 0.2) is 9.84 Å². The fourth-order valence-corrected chi connectivity index (χ4v) is 3.52. The van der Waals surface area contributed by atoms with E-state index in [4.69, 9.17) is 4.52 Å². The summed E-state index contributed by atoms with van der Waals surface area (Å²) in [5.74, 6) is -1.44. The number of hydrogen-bond acceptors (Lipinski definition) is 6. The van der Waals surface area contributed by atoms with Crippen LogP contribution in [-0.4, -0.2) is 35.4 Å². The summed E-state index contributed by atoms with van der Waals surface area (Å²) in [7, 11) is -4.09. The van der Waals surface area contributed by atoms with Gasteiger partial charge in [-0.2, -0.15) is 0 Å². The van der Waals surface area contributed by atoms with Crippen molar-refractivity contribution >= 4 is 21.6 Å². The van der Waals surface area contributed by atoms with E-state index < -0.39 is 37.8 Å². The molecule has 0 saturated heterocycles. The fraction of sp³-hybridized carbons (Fsp3) is 0.444. The Morgan fingerprint density at radius 2 is 1.78 bits per heavy atom. The van der Waals surface area contributed by atoms with Gasteiger partial charge in [0, 0.05) is 11.5 Å². The van der Waals surface area contributed by atoms with E-state index in [9.17, 15) is 22.7 Å².